The maximum absolute atomic E-state index is 14.0. The number of nitrogens with zero attached hydrogens (tertiary/aromatic N) is 2. The number of benzene rings is 1. The first-order valence-corrected chi connectivity index (χ1v) is 16.5. The summed E-state index contributed by atoms with van der Waals surface area (Å²) in [4.78, 5) is 28.8. The largest absolute Gasteiger partial charge is 0.396 e. The summed E-state index contributed by atoms with van der Waals surface area (Å²) in [7, 11) is -1.75. The molecule has 4 N–H and O–H groups in total. The molecule has 1 aromatic carbocycles. The molecule has 1 aliphatic carbocycles. The number of halogens is 1. The zero-order valence-corrected chi connectivity index (χ0v) is 24.0. The van der Waals surface area contributed by atoms with Crippen LogP contribution in [0.1, 0.15) is 69.8 Å². The van der Waals surface area contributed by atoms with E-state index in [0.29, 0.717) is 11.4 Å². The number of rotatable bonds is 7. The molecule has 8 nitrogen and oxygen atoms in total. The van der Waals surface area contributed by atoms with E-state index in [9.17, 15) is 19.1 Å². The van der Waals surface area contributed by atoms with Crippen molar-refractivity contribution in [3.63, 3.8) is 0 Å². The average Bonchev–Trinajstić information content (AvgIpc) is 3.27. The van der Waals surface area contributed by atoms with Crippen molar-refractivity contribution in [1.29, 1.82) is 0 Å². The highest BCUT2D eigenvalue weighted by Gasteiger charge is 2.54. The Morgan fingerprint density at radius 1 is 1.27 bits per heavy atom. The molecule has 1 atom stereocenters. The van der Waals surface area contributed by atoms with E-state index < -0.39 is 30.9 Å². The highest BCUT2D eigenvalue weighted by molar-refractivity contribution is 6.83. The van der Waals surface area contributed by atoms with Gasteiger partial charge in [0.1, 0.15) is 5.82 Å². The van der Waals surface area contributed by atoms with E-state index in [0.717, 1.165) is 30.5 Å². The summed E-state index contributed by atoms with van der Waals surface area (Å²) in [6.45, 7) is 14.3. The number of anilines is 1. The highest BCUT2D eigenvalue weighted by Crippen LogP contribution is 2.56. The van der Waals surface area contributed by atoms with Crippen molar-refractivity contribution in [3.8, 4) is 0 Å². The van der Waals surface area contributed by atoms with Crippen LogP contribution >= 0.6 is 0 Å². The predicted octanol–water partition coefficient (Wildman–Crippen LogP) is 5.27. The zero-order valence-electron chi connectivity index (χ0n) is 23.0. The lowest BCUT2D eigenvalue weighted by Crippen LogP contribution is -2.52. The van der Waals surface area contributed by atoms with E-state index in [1.54, 1.807) is 17.0 Å². The summed E-state index contributed by atoms with van der Waals surface area (Å²) in [5.41, 5.74) is 0.684. The Hall–Kier alpha value is -2.72. The maximum Gasteiger partial charge on any atom is 0.318 e. The fraction of sp³-hybridized carbons (Fsp3) is 0.593. The van der Waals surface area contributed by atoms with Gasteiger partial charge in [-0.1, -0.05) is 52.0 Å². The van der Waals surface area contributed by atoms with Gasteiger partial charge in [0, 0.05) is 16.0 Å². The third-order valence-electron chi connectivity index (χ3n) is 8.66. The first-order valence-electron chi connectivity index (χ1n) is 13.0. The lowest BCUT2D eigenvalue weighted by molar-refractivity contribution is -0.121. The van der Waals surface area contributed by atoms with Crippen molar-refractivity contribution in [2.45, 2.75) is 89.8 Å². The van der Waals surface area contributed by atoms with E-state index in [2.05, 4.69) is 40.5 Å². The van der Waals surface area contributed by atoms with Crippen LogP contribution in [0.25, 0.3) is 0 Å². The number of carbonyl (C=O) groups excluding carboxylic acids is 2. The monoisotopic (exact) mass is 529 g/mol. The van der Waals surface area contributed by atoms with Gasteiger partial charge in [-0.15, -0.1) is 0 Å². The van der Waals surface area contributed by atoms with E-state index >= 15 is 0 Å². The number of fused-ring (bicyclic) bond motifs is 1. The van der Waals surface area contributed by atoms with Gasteiger partial charge in [-0.3, -0.25) is 9.89 Å². The number of aromatic amines is 1. The Morgan fingerprint density at radius 2 is 1.95 bits per heavy atom. The van der Waals surface area contributed by atoms with Crippen LogP contribution in [0.15, 0.2) is 24.3 Å². The van der Waals surface area contributed by atoms with Crippen molar-refractivity contribution in [2.75, 3.05) is 11.9 Å². The van der Waals surface area contributed by atoms with Crippen molar-refractivity contribution in [3.05, 3.63) is 46.9 Å². The van der Waals surface area contributed by atoms with Crippen LogP contribution in [0.3, 0.4) is 0 Å². The molecule has 2 heterocycles. The van der Waals surface area contributed by atoms with Crippen molar-refractivity contribution >= 4 is 25.8 Å². The van der Waals surface area contributed by atoms with Gasteiger partial charge in [0.15, 0.2) is 5.82 Å². The van der Waals surface area contributed by atoms with Crippen LogP contribution in [0, 0.1) is 11.2 Å². The van der Waals surface area contributed by atoms with Crippen molar-refractivity contribution in [2.24, 2.45) is 5.41 Å². The Kier molecular flexibility index (Phi) is 6.82. The summed E-state index contributed by atoms with van der Waals surface area (Å²) >= 11 is 0. The molecule has 1 aromatic heterocycles. The molecular formula is C27H40FN5O3Si. The second-order valence-corrected chi connectivity index (χ2v) is 18.3. The number of hydrogen-bond acceptors (Lipinski definition) is 4. The lowest BCUT2D eigenvalue weighted by Gasteiger charge is -2.48. The first-order chi connectivity index (χ1) is 17.1. The van der Waals surface area contributed by atoms with Crippen LogP contribution in [0.2, 0.25) is 24.7 Å². The Morgan fingerprint density at radius 3 is 2.49 bits per heavy atom. The Labute approximate surface area is 219 Å². The lowest BCUT2D eigenvalue weighted by atomic mass is 9.81. The molecule has 1 aliphatic heterocycles. The molecule has 1 fully saturated rings. The molecule has 4 rings (SSSR count). The summed E-state index contributed by atoms with van der Waals surface area (Å²) in [5.74, 6) is 0.102. The SMILES string of the molecule is CC(C)(CO)C(NC(=O)N1Cc2c(NC(=O)C3([Si](C)(C)C)CCC3)n[nH]c2C1(C)C)c1cccc(F)c1. The number of carbonyl (C=O) groups is 2. The minimum absolute atomic E-state index is 0.0313. The highest BCUT2D eigenvalue weighted by atomic mass is 28.3. The van der Waals surface area contributed by atoms with E-state index in [1.807, 2.05) is 27.7 Å². The maximum atomic E-state index is 14.0. The molecular weight excluding hydrogens is 489 g/mol. The molecule has 0 radical (unpaired) electrons. The van der Waals surface area contributed by atoms with E-state index in [4.69, 9.17) is 0 Å². The molecule has 3 amide bonds. The molecule has 202 valence electrons. The quantitative estimate of drug-likeness (QED) is 0.366. The number of aliphatic hydroxyl groups is 1. The molecule has 1 saturated carbocycles. The van der Waals surface area contributed by atoms with E-state index in [1.165, 1.54) is 12.1 Å². The number of H-pyrrole nitrogens is 1. The number of urea groups is 1. The topological polar surface area (TPSA) is 110 Å². The van der Waals surface area contributed by atoms with Crippen molar-refractivity contribution < 1.29 is 19.1 Å². The first kappa shape index (κ1) is 27.3. The standard InChI is InChI=1S/C27H40FN5O3Si/c1-25(2,16-34)20(17-10-8-11-18(28)14-17)29-24(36)33-15-19-21(26(33,3)4)31-32-22(19)30-23(35)27(12-9-13-27)37(5,6)7/h8,10-11,14,20,34H,9,12-13,15-16H2,1-7H3,(H,29,36)(H2,30,31,32,35). The van der Waals surface area contributed by atoms with Gasteiger partial charge in [0.25, 0.3) is 0 Å². The van der Waals surface area contributed by atoms with Crippen LogP contribution in [-0.2, 0) is 16.9 Å². The number of hydrogen-bond donors (Lipinski definition) is 4. The average molecular weight is 530 g/mol. The smallest absolute Gasteiger partial charge is 0.318 e. The van der Waals surface area contributed by atoms with Gasteiger partial charge in [0.2, 0.25) is 5.91 Å². The number of amides is 3. The second kappa shape index (κ2) is 9.23. The minimum atomic E-state index is -1.75. The molecule has 1 unspecified atom stereocenters. The summed E-state index contributed by atoms with van der Waals surface area (Å²) in [6.07, 6.45) is 2.88. The fourth-order valence-corrected chi connectivity index (χ4v) is 8.33. The van der Waals surface area contributed by atoms with E-state index in [-0.39, 0.29) is 30.1 Å². The third-order valence-corrected chi connectivity index (χ3v) is 12.3. The minimum Gasteiger partial charge on any atom is -0.396 e. The Bertz CT molecular complexity index is 1200. The molecule has 0 saturated heterocycles. The van der Waals surface area contributed by atoms with Gasteiger partial charge >= 0.3 is 6.03 Å². The van der Waals surface area contributed by atoms with Gasteiger partial charge < -0.3 is 20.6 Å². The molecule has 2 aromatic rings. The van der Waals surface area contributed by atoms with Crippen LogP contribution in [0.5, 0.6) is 0 Å². The second-order valence-electron chi connectivity index (χ2n) is 12.8. The number of aromatic nitrogens is 2. The molecule has 2 aliphatic rings. The summed E-state index contributed by atoms with van der Waals surface area (Å²) in [5, 5.41) is 23.4. The molecule has 37 heavy (non-hydrogen) atoms. The fourth-order valence-electron chi connectivity index (χ4n) is 5.73. The molecule has 0 spiro atoms. The normalized spacial score (nSPS) is 19.1. The summed E-state index contributed by atoms with van der Waals surface area (Å²) in [6, 6.07) is 5.10. The third kappa shape index (κ3) is 4.58. The van der Waals surface area contributed by atoms with Crippen molar-refractivity contribution in [1.82, 2.24) is 20.4 Å². The van der Waals surface area contributed by atoms with Gasteiger partial charge in [-0.2, -0.15) is 5.10 Å². The Balaban J connectivity index is 1.57. The van der Waals surface area contributed by atoms with Crippen LogP contribution in [-0.4, -0.2) is 46.8 Å². The van der Waals surface area contributed by atoms with Gasteiger partial charge in [-0.25, -0.2) is 9.18 Å². The molecule has 10 heteroatoms. The predicted molar refractivity (Wildman–Crippen MR) is 144 cm³/mol. The summed E-state index contributed by atoms with van der Waals surface area (Å²) < 4.78 is 14.0. The number of aliphatic hydroxyl groups excluding tert-OH is 1. The molecule has 0 bridgehead atoms. The van der Waals surface area contributed by atoms with Crippen LogP contribution < -0.4 is 10.6 Å². The van der Waals surface area contributed by atoms with Gasteiger partial charge in [-0.05, 0) is 44.4 Å². The zero-order chi connectivity index (χ0) is 27.4. The number of nitrogens with one attached hydrogen (secondary N) is 3. The van der Waals surface area contributed by atoms with Crippen LogP contribution in [0.4, 0.5) is 15.0 Å². The van der Waals surface area contributed by atoms with Gasteiger partial charge in [0.05, 0.1) is 38.5 Å².